The van der Waals surface area contributed by atoms with E-state index in [1.807, 2.05) is 24.1 Å². The van der Waals surface area contributed by atoms with Gasteiger partial charge in [-0.2, -0.15) is 0 Å². The largest absolute Gasteiger partial charge is 0.480 e. The van der Waals surface area contributed by atoms with Crippen LogP contribution in [0.3, 0.4) is 0 Å². The highest BCUT2D eigenvalue weighted by Crippen LogP contribution is 2.32. The van der Waals surface area contributed by atoms with Crippen LogP contribution in [0, 0.1) is 0 Å². The van der Waals surface area contributed by atoms with Gasteiger partial charge in [0.05, 0.1) is 6.54 Å². The van der Waals surface area contributed by atoms with Gasteiger partial charge in [0.15, 0.2) is 0 Å². The van der Waals surface area contributed by atoms with Crippen molar-refractivity contribution in [2.24, 2.45) is 0 Å². The summed E-state index contributed by atoms with van der Waals surface area (Å²) in [5.74, 6) is -0.774. The molecule has 0 aliphatic carbocycles. The Morgan fingerprint density at radius 1 is 1.39 bits per heavy atom. The molecule has 1 heterocycles. The van der Waals surface area contributed by atoms with Crippen molar-refractivity contribution in [2.45, 2.75) is 31.8 Å². The standard InChI is InChI=1S/C16H22Cl2N2O2.ClH/c1-11(14-9-12(17)3-4-15(14)18)20-7-5-13(6-8-20)19(2)10-16(21)22;/h3-4,9,11,13H,5-8,10H2,1-2H3,(H,21,22);1H. The molecule has 1 aromatic rings. The molecule has 2 rings (SSSR count). The maximum absolute atomic E-state index is 10.8. The molecule has 1 unspecified atom stereocenters. The molecule has 23 heavy (non-hydrogen) atoms. The van der Waals surface area contributed by atoms with Crippen LogP contribution in [0.25, 0.3) is 0 Å². The van der Waals surface area contributed by atoms with Gasteiger partial charge in [0.2, 0.25) is 0 Å². The lowest BCUT2D eigenvalue weighted by Gasteiger charge is -2.39. The Hall–Kier alpha value is -0.520. The number of hydrogen-bond donors (Lipinski definition) is 1. The molecule has 0 bridgehead atoms. The first-order valence-electron chi connectivity index (χ1n) is 7.49. The Morgan fingerprint density at radius 3 is 2.57 bits per heavy atom. The van der Waals surface area contributed by atoms with Gasteiger partial charge in [0.25, 0.3) is 0 Å². The highest BCUT2D eigenvalue weighted by Gasteiger charge is 2.27. The van der Waals surface area contributed by atoms with Crippen LogP contribution in [0.15, 0.2) is 18.2 Å². The van der Waals surface area contributed by atoms with E-state index in [1.165, 1.54) is 0 Å². The molecule has 0 aromatic heterocycles. The predicted molar refractivity (Wildman–Crippen MR) is 97.0 cm³/mol. The van der Waals surface area contributed by atoms with E-state index in [-0.39, 0.29) is 25.0 Å². The van der Waals surface area contributed by atoms with Crippen LogP contribution in [0.1, 0.15) is 31.4 Å². The zero-order valence-electron chi connectivity index (χ0n) is 13.3. The van der Waals surface area contributed by atoms with Gasteiger partial charge in [-0.25, -0.2) is 0 Å². The molecule has 0 radical (unpaired) electrons. The summed E-state index contributed by atoms with van der Waals surface area (Å²) in [5, 5.41) is 10.3. The second kappa shape index (κ2) is 9.09. The van der Waals surface area contributed by atoms with E-state index in [0.29, 0.717) is 11.1 Å². The van der Waals surface area contributed by atoms with Gasteiger partial charge in [-0.05, 0) is 50.6 Å². The van der Waals surface area contributed by atoms with Crippen LogP contribution in [-0.4, -0.2) is 53.6 Å². The smallest absolute Gasteiger partial charge is 0.317 e. The number of likely N-dealkylation sites (N-methyl/N-ethyl adjacent to an activating group) is 1. The summed E-state index contributed by atoms with van der Waals surface area (Å²) in [4.78, 5) is 15.1. The quantitative estimate of drug-likeness (QED) is 0.838. The number of benzene rings is 1. The summed E-state index contributed by atoms with van der Waals surface area (Å²) in [6.45, 7) is 4.09. The van der Waals surface area contributed by atoms with Gasteiger partial charge >= 0.3 is 5.97 Å². The summed E-state index contributed by atoms with van der Waals surface area (Å²) in [6, 6.07) is 6.10. The zero-order valence-corrected chi connectivity index (χ0v) is 15.7. The molecule has 1 aliphatic rings. The van der Waals surface area contributed by atoms with E-state index in [2.05, 4.69) is 11.8 Å². The first-order chi connectivity index (χ1) is 10.4. The molecular weight excluding hydrogens is 359 g/mol. The molecule has 1 aromatic carbocycles. The topological polar surface area (TPSA) is 43.8 Å². The van der Waals surface area contributed by atoms with E-state index in [1.54, 1.807) is 6.07 Å². The average molecular weight is 382 g/mol. The maximum Gasteiger partial charge on any atom is 0.317 e. The van der Waals surface area contributed by atoms with Crippen LogP contribution in [-0.2, 0) is 4.79 Å². The van der Waals surface area contributed by atoms with Crippen LogP contribution in [0.5, 0.6) is 0 Å². The zero-order chi connectivity index (χ0) is 16.3. The predicted octanol–water partition coefficient (Wildman–Crippen LogP) is 3.96. The number of likely N-dealkylation sites (tertiary alicyclic amines) is 1. The molecule has 1 aliphatic heterocycles. The number of hydrogen-bond acceptors (Lipinski definition) is 3. The van der Waals surface area contributed by atoms with Crippen molar-refractivity contribution >= 4 is 41.6 Å². The number of halogens is 3. The van der Waals surface area contributed by atoms with Crippen LogP contribution in [0.4, 0.5) is 0 Å². The molecule has 1 fully saturated rings. The Balaban J connectivity index is 0.00000264. The van der Waals surface area contributed by atoms with E-state index in [4.69, 9.17) is 28.3 Å². The van der Waals surface area contributed by atoms with Gasteiger partial charge in [-0.15, -0.1) is 12.4 Å². The van der Waals surface area contributed by atoms with Crippen LogP contribution < -0.4 is 0 Å². The van der Waals surface area contributed by atoms with E-state index >= 15 is 0 Å². The molecule has 7 heteroatoms. The highest BCUT2D eigenvalue weighted by atomic mass is 35.5. The van der Waals surface area contributed by atoms with Gasteiger partial charge in [0.1, 0.15) is 0 Å². The summed E-state index contributed by atoms with van der Waals surface area (Å²) in [7, 11) is 1.88. The van der Waals surface area contributed by atoms with Crippen molar-refractivity contribution in [3.8, 4) is 0 Å². The van der Waals surface area contributed by atoms with E-state index < -0.39 is 5.97 Å². The molecule has 130 valence electrons. The molecule has 1 saturated heterocycles. The maximum atomic E-state index is 10.8. The van der Waals surface area contributed by atoms with Crippen molar-refractivity contribution in [3.05, 3.63) is 33.8 Å². The Bertz CT molecular complexity index is 534. The van der Waals surface area contributed by atoms with Crippen molar-refractivity contribution < 1.29 is 9.90 Å². The van der Waals surface area contributed by atoms with E-state index in [0.717, 1.165) is 36.5 Å². The highest BCUT2D eigenvalue weighted by molar-refractivity contribution is 6.33. The Labute approximate surface area is 153 Å². The number of nitrogens with zero attached hydrogens (tertiary/aromatic N) is 2. The number of aliphatic carboxylic acids is 1. The molecule has 0 saturated carbocycles. The Kier molecular flexibility index (Phi) is 8.11. The van der Waals surface area contributed by atoms with Crippen LogP contribution in [0.2, 0.25) is 10.0 Å². The first kappa shape index (κ1) is 20.5. The average Bonchev–Trinajstić information content (AvgIpc) is 2.48. The van der Waals surface area contributed by atoms with Crippen molar-refractivity contribution in [2.75, 3.05) is 26.7 Å². The van der Waals surface area contributed by atoms with Gasteiger partial charge in [-0.1, -0.05) is 23.2 Å². The third kappa shape index (κ3) is 5.50. The van der Waals surface area contributed by atoms with Gasteiger partial charge < -0.3 is 5.11 Å². The van der Waals surface area contributed by atoms with Gasteiger partial charge in [-0.3, -0.25) is 14.6 Å². The summed E-state index contributed by atoms with van der Waals surface area (Å²) in [6.07, 6.45) is 1.93. The van der Waals surface area contributed by atoms with Crippen molar-refractivity contribution in [1.29, 1.82) is 0 Å². The summed E-state index contributed by atoms with van der Waals surface area (Å²) < 4.78 is 0. The second-order valence-corrected chi connectivity index (χ2v) is 6.76. The fraction of sp³-hybridized carbons (Fsp3) is 0.562. The third-order valence-corrected chi connectivity index (χ3v) is 5.04. The molecular formula is C16H23Cl3N2O2. The molecule has 0 amide bonds. The minimum Gasteiger partial charge on any atom is -0.480 e. The lowest BCUT2D eigenvalue weighted by atomic mass is 9.99. The fourth-order valence-electron chi connectivity index (χ4n) is 3.09. The number of piperidine rings is 1. The molecule has 1 atom stereocenters. The van der Waals surface area contributed by atoms with Gasteiger partial charge in [0, 0.05) is 35.2 Å². The van der Waals surface area contributed by atoms with Crippen LogP contribution >= 0.6 is 35.6 Å². The summed E-state index contributed by atoms with van der Waals surface area (Å²) in [5.41, 5.74) is 1.05. The SMILES string of the molecule is CC(c1cc(Cl)ccc1Cl)N1CCC(N(C)CC(=O)O)CC1.Cl. The number of carboxylic acid groups (broad SMARTS) is 1. The number of rotatable bonds is 5. The Morgan fingerprint density at radius 2 is 2.00 bits per heavy atom. The molecule has 0 spiro atoms. The lowest BCUT2D eigenvalue weighted by molar-refractivity contribution is -0.138. The summed E-state index contributed by atoms with van der Waals surface area (Å²) >= 11 is 12.4. The lowest BCUT2D eigenvalue weighted by Crippen LogP contribution is -2.45. The second-order valence-electron chi connectivity index (χ2n) is 5.92. The van der Waals surface area contributed by atoms with Crippen molar-refractivity contribution in [3.63, 3.8) is 0 Å². The monoisotopic (exact) mass is 380 g/mol. The number of carbonyl (C=O) groups is 1. The van der Waals surface area contributed by atoms with E-state index in [9.17, 15) is 4.79 Å². The third-order valence-electron chi connectivity index (χ3n) is 4.46. The minimum absolute atomic E-state index is 0. The minimum atomic E-state index is -0.774. The first-order valence-corrected chi connectivity index (χ1v) is 8.25. The fourth-order valence-corrected chi connectivity index (χ4v) is 3.54. The van der Waals surface area contributed by atoms with Crippen molar-refractivity contribution in [1.82, 2.24) is 9.80 Å². The normalized spacial score (nSPS) is 17.8. The molecule has 4 nitrogen and oxygen atoms in total. The molecule has 1 N–H and O–H groups in total. The number of carboxylic acids is 1.